The highest BCUT2D eigenvalue weighted by Gasteiger charge is 2.69. The maximum Gasteiger partial charge on any atom is 0.329 e. The van der Waals surface area contributed by atoms with Crippen molar-refractivity contribution in [1.82, 2.24) is 5.32 Å². The second-order valence-electron chi connectivity index (χ2n) is 8.60. The first kappa shape index (κ1) is 22.8. The Morgan fingerprint density at radius 3 is 2.32 bits per heavy atom. The van der Waals surface area contributed by atoms with Gasteiger partial charge < -0.3 is 5.11 Å². The second kappa shape index (κ2) is 8.34. The van der Waals surface area contributed by atoms with E-state index < -0.39 is 41.2 Å². The number of carboxylic acid groups (broad SMARTS) is 1. The summed E-state index contributed by atoms with van der Waals surface area (Å²) in [5.41, 5.74) is 0.508. The number of carbonyl (C=O) groups excluding carboxylic acids is 2. The highest BCUT2D eigenvalue weighted by atomic mass is 79.9. The minimum Gasteiger partial charge on any atom is -0.480 e. The third-order valence-electron chi connectivity index (χ3n) is 6.77. The molecule has 2 aliphatic rings. The standard InChI is InChI=1S/C26H20BrClN2O4/c1-14-7-12-18(13-19(14)28)30-23(31)20-21(24(30)32)26(25(33)34,16-5-3-2-4-6-16)29-22(20)15-8-10-17(27)11-9-15/h2-13,20-22,29H,1H3,(H,33,34). The van der Waals surface area contributed by atoms with Crippen LogP contribution in [-0.2, 0) is 19.9 Å². The monoisotopic (exact) mass is 538 g/mol. The molecule has 5 rings (SSSR count). The molecule has 0 aliphatic carbocycles. The Labute approximate surface area is 209 Å². The molecule has 2 saturated heterocycles. The van der Waals surface area contributed by atoms with Gasteiger partial charge in [0.2, 0.25) is 11.8 Å². The van der Waals surface area contributed by atoms with Crippen molar-refractivity contribution in [3.8, 4) is 0 Å². The fourth-order valence-electron chi connectivity index (χ4n) is 5.13. The normalized spacial score (nSPS) is 26.1. The number of imide groups is 1. The van der Waals surface area contributed by atoms with Gasteiger partial charge in [0.05, 0.1) is 17.5 Å². The number of nitrogens with zero attached hydrogens (tertiary/aromatic N) is 1. The predicted octanol–water partition coefficient (Wildman–Crippen LogP) is 4.84. The van der Waals surface area contributed by atoms with Crippen molar-refractivity contribution in [2.45, 2.75) is 18.5 Å². The summed E-state index contributed by atoms with van der Waals surface area (Å²) in [5, 5.41) is 14.2. The number of fused-ring (bicyclic) bond motifs is 1. The van der Waals surface area contributed by atoms with Gasteiger partial charge in [-0.1, -0.05) is 76.1 Å². The Hall–Kier alpha value is -3.00. The van der Waals surface area contributed by atoms with E-state index in [2.05, 4.69) is 21.2 Å². The molecule has 8 heteroatoms. The Morgan fingerprint density at radius 1 is 1.03 bits per heavy atom. The van der Waals surface area contributed by atoms with Gasteiger partial charge in [0.25, 0.3) is 0 Å². The van der Waals surface area contributed by atoms with Crippen LogP contribution in [0, 0.1) is 18.8 Å². The first-order valence-corrected chi connectivity index (χ1v) is 11.9. The molecule has 172 valence electrons. The lowest BCUT2D eigenvalue weighted by Gasteiger charge is -2.31. The van der Waals surface area contributed by atoms with Crippen molar-refractivity contribution in [2.24, 2.45) is 11.8 Å². The molecular formula is C26H20BrClN2O4. The number of aryl methyl sites for hydroxylation is 1. The quantitative estimate of drug-likeness (QED) is 0.463. The van der Waals surface area contributed by atoms with Crippen LogP contribution < -0.4 is 10.2 Å². The Balaban J connectivity index is 1.71. The highest BCUT2D eigenvalue weighted by Crippen LogP contribution is 2.53. The molecule has 4 atom stereocenters. The minimum absolute atomic E-state index is 0.335. The van der Waals surface area contributed by atoms with Gasteiger partial charge >= 0.3 is 5.97 Å². The number of carbonyl (C=O) groups is 3. The summed E-state index contributed by atoms with van der Waals surface area (Å²) in [6, 6.07) is 20.2. The maximum atomic E-state index is 13.9. The molecule has 0 aromatic heterocycles. The van der Waals surface area contributed by atoms with Crippen LogP contribution in [0.25, 0.3) is 0 Å². The number of hydrogen-bond acceptors (Lipinski definition) is 4. The summed E-state index contributed by atoms with van der Waals surface area (Å²) in [4.78, 5) is 41.7. The van der Waals surface area contributed by atoms with Crippen molar-refractivity contribution in [2.75, 3.05) is 4.90 Å². The van der Waals surface area contributed by atoms with Crippen LogP contribution in [0.4, 0.5) is 5.69 Å². The molecular weight excluding hydrogens is 520 g/mol. The van der Waals surface area contributed by atoms with Gasteiger partial charge in [-0.3, -0.25) is 14.9 Å². The number of anilines is 1. The smallest absolute Gasteiger partial charge is 0.329 e. The van der Waals surface area contributed by atoms with Crippen molar-refractivity contribution < 1.29 is 19.5 Å². The van der Waals surface area contributed by atoms with Gasteiger partial charge in [0.15, 0.2) is 5.54 Å². The van der Waals surface area contributed by atoms with E-state index >= 15 is 0 Å². The van der Waals surface area contributed by atoms with Crippen molar-refractivity contribution in [1.29, 1.82) is 0 Å². The predicted molar refractivity (Wildman–Crippen MR) is 131 cm³/mol. The van der Waals surface area contributed by atoms with E-state index in [-0.39, 0.29) is 0 Å². The third-order valence-corrected chi connectivity index (χ3v) is 7.70. The number of carboxylic acids is 1. The van der Waals surface area contributed by atoms with E-state index in [0.29, 0.717) is 16.3 Å². The molecule has 2 amide bonds. The summed E-state index contributed by atoms with van der Waals surface area (Å²) in [5.74, 6) is -4.28. The Kier molecular flexibility index (Phi) is 5.59. The first-order chi connectivity index (χ1) is 16.3. The van der Waals surface area contributed by atoms with Crippen molar-refractivity contribution >= 4 is 51.0 Å². The lowest BCUT2D eigenvalue weighted by atomic mass is 9.75. The molecule has 2 aliphatic heterocycles. The summed E-state index contributed by atoms with van der Waals surface area (Å²) >= 11 is 9.70. The largest absolute Gasteiger partial charge is 0.480 e. The molecule has 2 heterocycles. The average Bonchev–Trinajstić information content (AvgIpc) is 3.32. The summed E-state index contributed by atoms with van der Waals surface area (Å²) in [6.45, 7) is 1.83. The van der Waals surface area contributed by atoms with Gasteiger partial charge in [-0.2, -0.15) is 0 Å². The molecule has 0 bridgehead atoms. The number of hydrogen-bond donors (Lipinski definition) is 2. The number of amides is 2. The minimum atomic E-state index is -1.78. The number of halogens is 2. The number of rotatable bonds is 4. The Bertz CT molecular complexity index is 1310. The zero-order chi connectivity index (χ0) is 24.2. The molecule has 2 fully saturated rings. The van der Waals surface area contributed by atoms with Crippen LogP contribution in [-0.4, -0.2) is 22.9 Å². The zero-order valence-corrected chi connectivity index (χ0v) is 20.4. The highest BCUT2D eigenvalue weighted by molar-refractivity contribution is 9.10. The molecule has 4 unspecified atom stereocenters. The third kappa shape index (κ3) is 3.30. The van der Waals surface area contributed by atoms with Crippen LogP contribution in [0.2, 0.25) is 5.02 Å². The zero-order valence-electron chi connectivity index (χ0n) is 18.0. The van der Waals surface area contributed by atoms with Crippen LogP contribution in [0.3, 0.4) is 0 Å². The fraction of sp³-hybridized carbons (Fsp3) is 0.192. The molecule has 0 saturated carbocycles. The van der Waals surface area contributed by atoms with Gasteiger partial charge in [0.1, 0.15) is 0 Å². The van der Waals surface area contributed by atoms with E-state index in [1.54, 1.807) is 48.5 Å². The second-order valence-corrected chi connectivity index (χ2v) is 9.92. The van der Waals surface area contributed by atoms with Gasteiger partial charge in [0, 0.05) is 15.5 Å². The maximum absolute atomic E-state index is 13.9. The van der Waals surface area contributed by atoms with Crippen molar-refractivity contribution in [3.05, 3.63) is 99.0 Å². The van der Waals surface area contributed by atoms with E-state index in [4.69, 9.17) is 11.6 Å². The topological polar surface area (TPSA) is 86.7 Å². The number of nitrogens with one attached hydrogen (secondary N) is 1. The average molecular weight is 540 g/mol. The SMILES string of the molecule is Cc1ccc(N2C(=O)C3C(c4ccc(Br)cc4)NC(C(=O)O)(c4ccccc4)C3C2=O)cc1Cl. The summed E-state index contributed by atoms with van der Waals surface area (Å²) in [7, 11) is 0. The molecule has 0 spiro atoms. The van der Waals surface area contributed by atoms with Gasteiger partial charge in [-0.25, -0.2) is 9.69 Å². The lowest BCUT2D eigenvalue weighted by molar-refractivity contribution is -0.149. The van der Waals surface area contributed by atoms with E-state index in [9.17, 15) is 19.5 Å². The number of benzene rings is 3. The van der Waals surface area contributed by atoms with Crippen LogP contribution in [0.15, 0.2) is 77.3 Å². The molecule has 6 nitrogen and oxygen atoms in total. The molecule has 34 heavy (non-hydrogen) atoms. The van der Waals surface area contributed by atoms with Crippen LogP contribution >= 0.6 is 27.5 Å². The molecule has 2 N–H and O–H groups in total. The fourth-order valence-corrected chi connectivity index (χ4v) is 5.56. The molecule has 3 aromatic carbocycles. The van der Waals surface area contributed by atoms with Gasteiger partial charge in [-0.05, 0) is 47.9 Å². The van der Waals surface area contributed by atoms with Crippen LogP contribution in [0.1, 0.15) is 22.7 Å². The summed E-state index contributed by atoms with van der Waals surface area (Å²) < 4.78 is 0.850. The van der Waals surface area contributed by atoms with Crippen LogP contribution in [0.5, 0.6) is 0 Å². The van der Waals surface area contributed by atoms with E-state index in [1.807, 2.05) is 31.2 Å². The lowest BCUT2D eigenvalue weighted by Crippen LogP contribution is -2.53. The van der Waals surface area contributed by atoms with E-state index in [0.717, 1.165) is 20.5 Å². The van der Waals surface area contributed by atoms with E-state index in [1.165, 1.54) is 0 Å². The van der Waals surface area contributed by atoms with Gasteiger partial charge in [-0.15, -0.1) is 0 Å². The first-order valence-electron chi connectivity index (χ1n) is 10.7. The van der Waals surface area contributed by atoms with Crippen molar-refractivity contribution in [3.63, 3.8) is 0 Å². The molecule has 3 aromatic rings. The Morgan fingerprint density at radius 2 is 1.71 bits per heavy atom. The summed E-state index contributed by atoms with van der Waals surface area (Å²) in [6.07, 6.45) is 0. The number of aliphatic carboxylic acids is 1. The molecule has 0 radical (unpaired) electrons.